The van der Waals surface area contributed by atoms with E-state index in [9.17, 15) is 4.79 Å². The van der Waals surface area contributed by atoms with Crippen LogP contribution in [0, 0.1) is 0 Å². The molecule has 1 aromatic carbocycles. The molecule has 0 aliphatic carbocycles. The standard InChI is InChI=1S/C24H28N6O2/c1-26-7-5-17-3-2-4-18(13-17)20-16-28-24(25)23(29-20)22(31)14-19-15-27-8-6-21(19)30-9-11-32-12-10-30/h2-4,6,8,13,15-16,26H,5,7,9-12,14H2,1H3,(H2,25,28). The van der Waals surface area contributed by atoms with Gasteiger partial charge in [0.2, 0.25) is 0 Å². The van der Waals surface area contributed by atoms with Gasteiger partial charge in [0.25, 0.3) is 0 Å². The molecule has 0 radical (unpaired) electrons. The minimum absolute atomic E-state index is 0.141. The van der Waals surface area contributed by atoms with Crippen LogP contribution in [0.15, 0.2) is 48.9 Å². The molecule has 1 saturated heterocycles. The Hall–Kier alpha value is -3.36. The van der Waals surface area contributed by atoms with Crippen molar-refractivity contribution in [2.45, 2.75) is 12.8 Å². The number of hydrogen-bond acceptors (Lipinski definition) is 8. The topological polar surface area (TPSA) is 106 Å². The van der Waals surface area contributed by atoms with Gasteiger partial charge in [-0.1, -0.05) is 18.2 Å². The SMILES string of the molecule is CNCCc1cccc(-c2cnc(N)c(C(=O)Cc3cnccc3N3CCOCC3)n2)c1. The molecule has 0 atom stereocenters. The summed E-state index contributed by atoms with van der Waals surface area (Å²) in [5.41, 5.74) is 10.8. The molecule has 8 heteroatoms. The monoisotopic (exact) mass is 432 g/mol. The van der Waals surface area contributed by atoms with E-state index in [0.717, 1.165) is 42.9 Å². The first-order valence-electron chi connectivity index (χ1n) is 10.8. The minimum Gasteiger partial charge on any atom is -0.382 e. The fourth-order valence-corrected chi connectivity index (χ4v) is 3.82. The molecule has 2 aromatic heterocycles. The van der Waals surface area contributed by atoms with Gasteiger partial charge in [-0.3, -0.25) is 9.78 Å². The predicted octanol–water partition coefficient (Wildman–Crippen LogP) is 2.14. The molecule has 3 aromatic rings. The number of carbonyl (C=O) groups is 1. The summed E-state index contributed by atoms with van der Waals surface area (Å²) in [5.74, 6) is -0.0346. The maximum absolute atomic E-state index is 13.2. The largest absolute Gasteiger partial charge is 0.382 e. The van der Waals surface area contributed by atoms with Gasteiger partial charge in [0, 0.05) is 48.7 Å². The number of nitrogen functional groups attached to an aromatic ring is 1. The Kier molecular flexibility index (Phi) is 7.03. The third kappa shape index (κ3) is 5.09. The number of carbonyl (C=O) groups excluding carboxylic acids is 1. The molecule has 1 fully saturated rings. The first kappa shape index (κ1) is 21.9. The molecule has 4 rings (SSSR count). The second-order valence-electron chi connectivity index (χ2n) is 7.75. The molecule has 0 saturated carbocycles. The van der Waals surface area contributed by atoms with Crippen LogP contribution in [0.5, 0.6) is 0 Å². The number of Topliss-reactive ketones (excluding diaryl/α,β-unsaturated/α-hetero) is 1. The number of nitrogens with one attached hydrogen (secondary N) is 1. The maximum Gasteiger partial charge on any atom is 0.189 e. The van der Waals surface area contributed by atoms with Gasteiger partial charge in [-0.25, -0.2) is 9.97 Å². The minimum atomic E-state index is -0.175. The van der Waals surface area contributed by atoms with Crippen LogP contribution >= 0.6 is 0 Å². The van der Waals surface area contributed by atoms with Crippen molar-refractivity contribution in [2.75, 3.05) is 50.5 Å². The molecule has 1 aliphatic heterocycles. The Morgan fingerprint density at radius 1 is 1.22 bits per heavy atom. The Morgan fingerprint density at radius 2 is 2.06 bits per heavy atom. The van der Waals surface area contributed by atoms with Crippen LogP contribution in [-0.2, 0) is 17.6 Å². The maximum atomic E-state index is 13.2. The summed E-state index contributed by atoms with van der Waals surface area (Å²) in [5, 5.41) is 3.15. The normalized spacial score (nSPS) is 13.8. The van der Waals surface area contributed by atoms with Crippen LogP contribution in [0.25, 0.3) is 11.3 Å². The summed E-state index contributed by atoms with van der Waals surface area (Å²) in [7, 11) is 1.93. The highest BCUT2D eigenvalue weighted by Crippen LogP contribution is 2.24. The Labute approximate surface area is 187 Å². The zero-order valence-electron chi connectivity index (χ0n) is 18.3. The number of nitrogens with zero attached hydrogens (tertiary/aromatic N) is 4. The van der Waals surface area contributed by atoms with E-state index < -0.39 is 0 Å². The first-order chi connectivity index (χ1) is 15.7. The summed E-state index contributed by atoms with van der Waals surface area (Å²) < 4.78 is 5.45. The first-order valence-corrected chi connectivity index (χ1v) is 10.8. The molecule has 0 amide bonds. The van der Waals surface area contributed by atoms with Gasteiger partial charge < -0.3 is 20.7 Å². The van der Waals surface area contributed by atoms with Crippen molar-refractivity contribution in [3.05, 3.63) is 65.7 Å². The van der Waals surface area contributed by atoms with Crippen molar-refractivity contribution < 1.29 is 9.53 Å². The molecule has 3 heterocycles. The number of benzene rings is 1. The lowest BCUT2D eigenvalue weighted by Crippen LogP contribution is -2.37. The molecule has 0 bridgehead atoms. The number of pyridine rings is 1. The second-order valence-corrected chi connectivity index (χ2v) is 7.75. The fraction of sp³-hybridized carbons (Fsp3) is 0.333. The van der Waals surface area contributed by atoms with Crippen LogP contribution in [0.3, 0.4) is 0 Å². The van der Waals surface area contributed by atoms with Crippen molar-refractivity contribution in [3.63, 3.8) is 0 Å². The van der Waals surface area contributed by atoms with Gasteiger partial charge >= 0.3 is 0 Å². The molecule has 32 heavy (non-hydrogen) atoms. The van der Waals surface area contributed by atoms with Gasteiger partial charge in [0.05, 0.1) is 25.1 Å². The molecule has 166 valence electrons. The molecular formula is C24H28N6O2. The van der Waals surface area contributed by atoms with E-state index in [0.29, 0.717) is 18.9 Å². The fourth-order valence-electron chi connectivity index (χ4n) is 3.82. The van der Waals surface area contributed by atoms with Crippen molar-refractivity contribution in [1.82, 2.24) is 20.3 Å². The van der Waals surface area contributed by atoms with Gasteiger partial charge in [-0.15, -0.1) is 0 Å². The van der Waals surface area contributed by atoms with Crippen LogP contribution in [0.4, 0.5) is 11.5 Å². The van der Waals surface area contributed by atoms with Gasteiger partial charge in [-0.05, 0) is 37.7 Å². The van der Waals surface area contributed by atoms with Crippen LogP contribution in [0.2, 0.25) is 0 Å². The van der Waals surface area contributed by atoms with E-state index in [2.05, 4.69) is 37.3 Å². The Morgan fingerprint density at radius 3 is 2.88 bits per heavy atom. The molecule has 8 nitrogen and oxygen atoms in total. The number of ketones is 1. The van der Waals surface area contributed by atoms with Crippen LogP contribution in [0.1, 0.15) is 21.6 Å². The average molecular weight is 433 g/mol. The summed E-state index contributed by atoms with van der Waals surface area (Å²) in [6.45, 7) is 3.80. The highest BCUT2D eigenvalue weighted by atomic mass is 16.5. The van der Waals surface area contributed by atoms with E-state index in [1.807, 2.05) is 25.2 Å². The number of aromatic nitrogens is 3. The van der Waals surface area contributed by atoms with E-state index in [4.69, 9.17) is 10.5 Å². The molecule has 3 N–H and O–H groups in total. The van der Waals surface area contributed by atoms with E-state index in [-0.39, 0.29) is 23.7 Å². The van der Waals surface area contributed by atoms with Crippen molar-refractivity contribution >= 4 is 17.3 Å². The van der Waals surface area contributed by atoms with Crippen LogP contribution in [-0.4, -0.2) is 60.6 Å². The average Bonchev–Trinajstić information content (AvgIpc) is 2.84. The van der Waals surface area contributed by atoms with Crippen molar-refractivity contribution in [1.29, 1.82) is 0 Å². The highest BCUT2D eigenvalue weighted by molar-refractivity contribution is 6.00. The highest BCUT2D eigenvalue weighted by Gasteiger charge is 2.20. The van der Waals surface area contributed by atoms with Gasteiger partial charge in [-0.2, -0.15) is 0 Å². The molecular weight excluding hydrogens is 404 g/mol. The second kappa shape index (κ2) is 10.3. The number of rotatable bonds is 8. The predicted molar refractivity (Wildman–Crippen MR) is 125 cm³/mol. The van der Waals surface area contributed by atoms with E-state index in [1.54, 1.807) is 18.6 Å². The lowest BCUT2D eigenvalue weighted by molar-refractivity contribution is 0.0988. The zero-order chi connectivity index (χ0) is 22.3. The van der Waals surface area contributed by atoms with Crippen molar-refractivity contribution in [3.8, 4) is 11.3 Å². The van der Waals surface area contributed by atoms with E-state index >= 15 is 0 Å². The van der Waals surface area contributed by atoms with Gasteiger partial charge in [0.1, 0.15) is 5.69 Å². The summed E-state index contributed by atoms with van der Waals surface area (Å²) in [6, 6.07) is 10.0. The summed E-state index contributed by atoms with van der Waals surface area (Å²) in [4.78, 5) is 28.5. The summed E-state index contributed by atoms with van der Waals surface area (Å²) in [6.07, 6.45) is 6.16. The smallest absolute Gasteiger partial charge is 0.189 e. The lowest BCUT2D eigenvalue weighted by Gasteiger charge is -2.30. The number of likely N-dealkylation sites (N-methyl/N-ethyl adjacent to an activating group) is 1. The number of morpholine rings is 1. The third-order valence-electron chi connectivity index (χ3n) is 5.53. The molecule has 0 unspecified atom stereocenters. The Bertz CT molecular complexity index is 1080. The van der Waals surface area contributed by atoms with Crippen molar-refractivity contribution in [2.24, 2.45) is 0 Å². The zero-order valence-corrected chi connectivity index (χ0v) is 18.3. The lowest BCUT2D eigenvalue weighted by atomic mass is 10.0. The number of nitrogens with two attached hydrogens (primary N) is 1. The van der Waals surface area contributed by atoms with Crippen LogP contribution < -0.4 is 16.0 Å². The quantitative estimate of drug-likeness (QED) is 0.522. The summed E-state index contributed by atoms with van der Waals surface area (Å²) >= 11 is 0. The number of anilines is 2. The number of hydrogen-bond donors (Lipinski definition) is 2. The molecule has 0 spiro atoms. The number of ether oxygens (including phenoxy) is 1. The third-order valence-corrected chi connectivity index (χ3v) is 5.53. The van der Waals surface area contributed by atoms with E-state index in [1.165, 1.54) is 5.56 Å². The molecule has 1 aliphatic rings. The van der Waals surface area contributed by atoms with Gasteiger partial charge in [0.15, 0.2) is 11.6 Å². The Balaban J connectivity index is 1.58.